The summed E-state index contributed by atoms with van der Waals surface area (Å²) in [6, 6.07) is 11.6. The molecule has 0 aliphatic carbocycles. The lowest BCUT2D eigenvalue weighted by atomic mass is 9.90. The summed E-state index contributed by atoms with van der Waals surface area (Å²) < 4.78 is 0.974. The van der Waals surface area contributed by atoms with Crippen LogP contribution in [0.2, 0.25) is 0 Å². The van der Waals surface area contributed by atoms with Crippen LogP contribution in [0.5, 0.6) is 0 Å². The molecule has 0 spiro atoms. The molecule has 3 heteroatoms. The Kier molecular flexibility index (Phi) is 3.60. The van der Waals surface area contributed by atoms with Crippen molar-refractivity contribution in [1.82, 2.24) is 4.98 Å². The lowest BCUT2D eigenvalue weighted by molar-refractivity contribution is 0.0575. The molecule has 0 bridgehead atoms. The largest absolute Gasteiger partial charge is 0.385 e. The summed E-state index contributed by atoms with van der Waals surface area (Å²) in [6.45, 7) is 1.82. The standard InChI is InChI=1S/C14H14BrNO/c1-14(17,9-11-4-3-7-16-10-11)12-5-2-6-13(15)8-12/h2-8,10,17H,9H2,1H3. The Morgan fingerprint density at radius 3 is 2.76 bits per heavy atom. The Morgan fingerprint density at radius 2 is 2.12 bits per heavy atom. The van der Waals surface area contributed by atoms with Crippen LogP contribution in [-0.2, 0) is 12.0 Å². The van der Waals surface area contributed by atoms with E-state index >= 15 is 0 Å². The fourth-order valence-electron chi connectivity index (χ4n) is 1.83. The topological polar surface area (TPSA) is 33.1 Å². The molecule has 0 aliphatic heterocycles. The van der Waals surface area contributed by atoms with Gasteiger partial charge >= 0.3 is 0 Å². The van der Waals surface area contributed by atoms with Crippen LogP contribution in [0.1, 0.15) is 18.1 Å². The number of rotatable bonds is 3. The number of halogens is 1. The van der Waals surface area contributed by atoms with Crippen LogP contribution in [0.15, 0.2) is 53.3 Å². The summed E-state index contributed by atoms with van der Waals surface area (Å²) in [5.41, 5.74) is 1.04. The number of aliphatic hydroxyl groups is 1. The number of hydrogen-bond acceptors (Lipinski definition) is 2. The summed E-state index contributed by atoms with van der Waals surface area (Å²) in [6.07, 6.45) is 4.07. The molecule has 1 aromatic heterocycles. The SMILES string of the molecule is CC(O)(Cc1cccnc1)c1cccc(Br)c1. The van der Waals surface area contributed by atoms with Crippen LogP contribution < -0.4 is 0 Å². The highest BCUT2D eigenvalue weighted by Gasteiger charge is 2.23. The predicted octanol–water partition coefficient (Wildman–Crippen LogP) is 3.29. The van der Waals surface area contributed by atoms with Crippen molar-refractivity contribution >= 4 is 15.9 Å². The summed E-state index contributed by atoms with van der Waals surface area (Å²) in [4.78, 5) is 4.06. The highest BCUT2D eigenvalue weighted by molar-refractivity contribution is 9.10. The number of pyridine rings is 1. The average Bonchev–Trinajstić information content (AvgIpc) is 2.30. The van der Waals surface area contributed by atoms with E-state index in [4.69, 9.17) is 0 Å². The second kappa shape index (κ2) is 4.98. The minimum absolute atomic E-state index is 0.553. The summed E-state index contributed by atoms with van der Waals surface area (Å²) >= 11 is 3.42. The van der Waals surface area contributed by atoms with E-state index in [1.54, 1.807) is 12.4 Å². The van der Waals surface area contributed by atoms with Crippen molar-refractivity contribution in [2.45, 2.75) is 18.9 Å². The Hall–Kier alpha value is -1.19. The van der Waals surface area contributed by atoms with Gasteiger partial charge in [0.2, 0.25) is 0 Å². The zero-order valence-electron chi connectivity index (χ0n) is 9.60. The van der Waals surface area contributed by atoms with Crippen molar-refractivity contribution in [2.24, 2.45) is 0 Å². The second-order valence-corrected chi connectivity index (χ2v) is 5.24. The van der Waals surface area contributed by atoms with E-state index in [9.17, 15) is 5.11 Å². The molecule has 0 aliphatic rings. The van der Waals surface area contributed by atoms with Crippen LogP contribution >= 0.6 is 15.9 Å². The maximum Gasteiger partial charge on any atom is 0.0909 e. The summed E-state index contributed by atoms with van der Waals surface area (Å²) in [5.74, 6) is 0. The molecule has 88 valence electrons. The van der Waals surface area contributed by atoms with Gasteiger partial charge in [0.25, 0.3) is 0 Å². The maximum atomic E-state index is 10.5. The molecule has 2 nitrogen and oxygen atoms in total. The monoisotopic (exact) mass is 291 g/mol. The van der Waals surface area contributed by atoms with Crippen molar-refractivity contribution < 1.29 is 5.11 Å². The fourth-order valence-corrected chi connectivity index (χ4v) is 2.22. The van der Waals surface area contributed by atoms with E-state index < -0.39 is 5.60 Å². The number of benzene rings is 1. The molecular weight excluding hydrogens is 278 g/mol. The Labute approximate surface area is 109 Å². The molecule has 2 aromatic rings. The lowest BCUT2D eigenvalue weighted by Gasteiger charge is -2.24. The zero-order valence-corrected chi connectivity index (χ0v) is 11.2. The minimum atomic E-state index is -0.882. The number of aromatic nitrogens is 1. The van der Waals surface area contributed by atoms with E-state index in [1.807, 2.05) is 43.3 Å². The molecule has 0 fully saturated rings. The van der Waals surface area contributed by atoms with Crippen LogP contribution in [0.25, 0.3) is 0 Å². The van der Waals surface area contributed by atoms with Crippen molar-refractivity contribution in [3.63, 3.8) is 0 Å². The number of hydrogen-bond donors (Lipinski definition) is 1. The molecule has 0 amide bonds. The van der Waals surface area contributed by atoms with E-state index in [1.165, 1.54) is 0 Å². The van der Waals surface area contributed by atoms with Gasteiger partial charge in [0.15, 0.2) is 0 Å². The smallest absolute Gasteiger partial charge is 0.0909 e. The number of nitrogens with zero attached hydrogens (tertiary/aromatic N) is 1. The van der Waals surface area contributed by atoms with Gasteiger partial charge in [-0.25, -0.2) is 0 Å². The van der Waals surface area contributed by atoms with Crippen LogP contribution in [0, 0.1) is 0 Å². The molecule has 2 rings (SSSR count). The van der Waals surface area contributed by atoms with E-state index in [2.05, 4.69) is 20.9 Å². The van der Waals surface area contributed by atoms with E-state index in [0.29, 0.717) is 6.42 Å². The van der Waals surface area contributed by atoms with Crippen LogP contribution in [0.4, 0.5) is 0 Å². The van der Waals surface area contributed by atoms with Gasteiger partial charge in [-0.3, -0.25) is 4.98 Å². The molecule has 1 atom stereocenters. The van der Waals surface area contributed by atoms with Gasteiger partial charge in [-0.05, 0) is 36.2 Å². The minimum Gasteiger partial charge on any atom is -0.385 e. The van der Waals surface area contributed by atoms with Gasteiger partial charge in [0, 0.05) is 23.3 Å². The van der Waals surface area contributed by atoms with Gasteiger partial charge < -0.3 is 5.11 Å². The lowest BCUT2D eigenvalue weighted by Crippen LogP contribution is -2.24. The van der Waals surface area contributed by atoms with Gasteiger partial charge in [-0.15, -0.1) is 0 Å². The average molecular weight is 292 g/mol. The summed E-state index contributed by atoms with van der Waals surface area (Å²) in [5, 5.41) is 10.5. The third-order valence-electron chi connectivity index (χ3n) is 2.72. The first-order valence-electron chi connectivity index (χ1n) is 5.45. The molecule has 1 heterocycles. The molecular formula is C14H14BrNO. The Bertz CT molecular complexity index is 497. The predicted molar refractivity (Wildman–Crippen MR) is 71.7 cm³/mol. The van der Waals surface area contributed by atoms with Crippen LogP contribution in [0.3, 0.4) is 0 Å². The molecule has 1 unspecified atom stereocenters. The fraction of sp³-hybridized carbons (Fsp3) is 0.214. The maximum absolute atomic E-state index is 10.5. The molecule has 1 N–H and O–H groups in total. The first-order chi connectivity index (χ1) is 8.08. The molecule has 0 radical (unpaired) electrons. The normalized spacial score (nSPS) is 14.3. The van der Waals surface area contributed by atoms with Crippen molar-refractivity contribution in [2.75, 3.05) is 0 Å². The van der Waals surface area contributed by atoms with E-state index in [-0.39, 0.29) is 0 Å². The van der Waals surface area contributed by atoms with Crippen LogP contribution in [-0.4, -0.2) is 10.1 Å². The van der Waals surface area contributed by atoms with Crippen molar-refractivity contribution in [3.8, 4) is 0 Å². The third kappa shape index (κ3) is 3.14. The molecule has 0 saturated heterocycles. The quantitative estimate of drug-likeness (QED) is 0.941. The van der Waals surface area contributed by atoms with Gasteiger partial charge in [-0.2, -0.15) is 0 Å². The Balaban J connectivity index is 2.25. The molecule has 0 saturated carbocycles. The highest BCUT2D eigenvalue weighted by Crippen LogP contribution is 2.27. The molecule has 17 heavy (non-hydrogen) atoms. The first kappa shape index (κ1) is 12.3. The van der Waals surface area contributed by atoms with E-state index in [0.717, 1.165) is 15.6 Å². The third-order valence-corrected chi connectivity index (χ3v) is 3.21. The second-order valence-electron chi connectivity index (χ2n) is 4.32. The molecule has 1 aromatic carbocycles. The summed E-state index contributed by atoms with van der Waals surface area (Å²) in [7, 11) is 0. The first-order valence-corrected chi connectivity index (χ1v) is 6.24. The van der Waals surface area contributed by atoms with Crippen molar-refractivity contribution in [3.05, 3.63) is 64.4 Å². The highest BCUT2D eigenvalue weighted by atomic mass is 79.9. The Morgan fingerprint density at radius 1 is 1.29 bits per heavy atom. The zero-order chi connectivity index (χ0) is 12.3. The van der Waals surface area contributed by atoms with Gasteiger partial charge in [0.05, 0.1) is 5.60 Å². The van der Waals surface area contributed by atoms with Gasteiger partial charge in [-0.1, -0.05) is 34.1 Å². The van der Waals surface area contributed by atoms with Crippen molar-refractivity contribution in [1.29, 1.82) is 0 Å². The van der Waals surface area contributed by atoms with Gasteiger partial charge in [0.1, 0.15) is 0 Å².